The van der Waals surface area contributed by atoms with Crippen molar-refractivity contribution in [1.82, 2.24) is 14.7 Å². The van der Waals surface area contributed by atoms with E-state index in [4.69, 9.17) is 62.3 Å². The van der Waals surface area contributed by atoms with Gasteiger partial charge in [0.25, 0.3) is 0 Å². The van der Waals surface area contributed by atoms with E-state index < -0.39 is 70.4 Å². The molecule has 6 atom stereocenters. The molecule has 12 rings (SSSR count). The highest BCUT2D eigenvalue weighted by Gasteiger charge is 2.37. The molecule has 3 aromatic heterocycles. The van der Waals surface area contributed by atoms with Gasteiger partial charge in [0.2, 0.25) is 0 Å². The van der Waals surface area contributed by atoms with Crippen molar-refractivity contribution in [3.63, 3.8) is 0 Å². The number of hydrogen-bond acceptors (Lipinski definition) is 22. The van der Waals surface area contributed by atoms with E-state index in [1.807, 2.05) is 35.8 Å². The summed E-state index contributed by atoms with van der Waals surface area (Å²) in [5.41, 5.74) is 1.21. The van der Waals surface area contributed by atoms with Gasteiger partial charge in [-0.3, -0.25) is 24.0 Å². The van der Waals surface area contributed by atoms with Gasteiger partial charge in [0.15, 0.2) is 22.0 Å². The van der Waals surface area contributed by atoms with Gasteiger partial charge in [-0.1, -0.05) is 71.2 Å². The minimum Gasteiger partial charge on any atom is -0.507 e. The molecule has 3 aliphatic rings. The van der Waals surface area contributed by atoms with Crippen molar-refractivity contribution in [3.8, 4) is 68.5 Å². The highest BCUT2D eigenvalue weighted by atomic mass is 35.5. The molecule has 9 aromatic rings. The first-order valence-corrected chi connectivity index (χ1v) is 30.9. The number of phenols is 3. The number of esters is 2. The summed E-state index contributed by atoms with van der Waals surface area (Å²) in [4.78, 5) is 80.3. The summed E-state index contributed by atoms with van der Waals surface area (Å²) in [6, 6.07) is 28.1. The number of likely N-dealkylation sites (N-methyl/N-ethyl adjacent to an activating group) is 3. The number of β-amino-alcohol motifs (C(OH)–C–C–N with tert-alkyl or cyclic N) is 3. The summed E-state index contributed by atoms with van der Waals surface area (Å²) in [6.07, 6.45) is -1.78. The largest absolute Gasteiger partial charge is 0.513 e. The third-order valence-corrected chi connectivity index (χ3v) is 17.7. The van der Waals surface area contributed by atoms with Crippen LogP contribution in [0.3, 0.4) is 0 Å². The average molecular weight is 1350 g/mol. The molecule has 0 saturated carbocycles. The van der Waals surface area contributed by atoms with Gasteiger partial charge in [0, 0.05) is 121 Å². The second-order valence-electron chi connectivity index (χ2n) is 23.3. The second-order valence-corrected chi connectivity index (χ2v) is 24.5. The number of piperidine rings is 3. The van der Waals surface area contributed by atoms with E-state index >= 15 is 0 Å². The number of aliphatic hydroxyl groups excluding tert-OH is 3. The van der Waals surface area contributed by atoms with Gasteiger partial charge in [-0.15, -0.1) is 0 Å². The van der Waals surface area contributed by atoms with Crippen LogP contribution in [-0.4, -0.2) is 149 Å². The Bertz CT molecular complexity index is 4400. The monoisotopic (exact) mass is 1350 g/mol. The number of rotatable bonds is 9. The summed E-state index contributed by atoms with van der Waals surface area (Å²) in [5, 5.41) is 65.9. The first-order chi connectivity index (χ1) is 44.8. The van der Waals surface area contributed by atoms with Crippen LogP contribution in [0.4, 0.5) is 4.79 Å². The molecule has 94 heavy (non-hydrogen) atoms. The molecule has 0 radical (unpaired) electrons. The molecule has 6 heterocycles. The quantitative estimate of drug-likeness (QED) is 0.0444. The van der Waals surface area contributed by atoms with Crippen molar-refractivity contribution in [2.24, 2.45) is 0 Å². The van der Waals surface area contributed by atoms with Gasteiger partial charge in [-0.25, -0.2) is 4.79 Å². The van der Waals surface area contributed by atoms with Crippen LogP contribution < -0.4 is 30.5 Å². The standard InChI is InChI=1S/C23H22ClNO7.2C23H22ClNO6/c1-25-8-7-13(17(28)11-25)20-15(26)10-19(32-23(29)30-2)21-16(27)9-18(31-22(20)21)12-5-3-4-6-14(12)24;2*1-12(26)30-20-10-16(27)21(14-7-8-25(2)11-18(14)29)23-22(20)17(28)9-19(31-23)13-5-3-4-6-15(13)24/h3-6,9-10,13,17,26,28H,7-8,11H2,1-2H3;2*3-6,9-10,14,18,27,29H,7-8,11H2,1-2H3/t13-,17+;2*14-,18+/m000/s1. The fourth-order valence-corrected chi connectivity index (χ4v) is 13.0. The van der Waals surface area contributed by atoms with E-state index in [1.54, 1.807) is 72.8 Å². The summed E-state index contributed by atoms with van der Waals surface area (Å²) >= 11 is 18.9. The zero-order valence-corrected chi connectivity index (χ0v) is 54.0. The molecule has 0 amide bonds. The van der Waals surface area contributed by atoms with Crippen molar-refractivity contribution in [3.05, 3.63) is 172 Å². The van der Waals surface area contributed by atoms with Crippen molar-refractivity contribution in [1.29, 1.82) is 0 Å². The predicted molar refractivity (Wildman–Crippen MR) is 352 cm³/mol. The molecule has 0 spiro atoms. The molecule has 6 N–H and O–H groups in total. The maximum absolute atomic E-state index is 13.2. The average Bonchev–Trinajstić information content (AvgIpc) is 0.764. The molecule has 3 saturated heterocycles. The fourth-order valence-electron chi connectivity index (χ4n) is 12.3. The number of hydrogen-bond donors (Lipinski definition) is 6. The van der Waals surface area contributed by atoms with E-state index in [9.17, 15) is 59.4 Å². The zero-order valence-electron chi connectivity index (χ0n) is 51.7. The maximum Gasteiger partial charge on any atom is 0.513 e. The Labute approximate surface area is 551 Å². The zero-order chi connectivity index (χ0) is 67.6. The van der Waals surface area contributed by atoms with Crippen LogP contribution in [0, 0.1) is 0 Å². The Morgan fingerprint density at radius 3 is 0.989 bits per heavy atom. The van der Waals surface area contributed by atoms with Crippen LogP contribution in [0.2, 0.25) is 15.1 Å². The van der Waals surface area contributed by atoms with E-state index in [-0.39, 0.29) is 90.2 Å². The number of fused-ring (bicyclic) bond motifs is 3. The van der Waals surface area contributed by atoms with Crippen molar-refractivity contribution < 1.29 is 77.2 Å². The SMILES string of the molecule is CC(=O)Oc1cc(O)c([C@H]2CCN(C)C[C@H]2O)c2oc(-c3ccccc3Cl)cc(=O)c12.CC(=O)Oc1cc(O)c([C@H]2CCN(C)C[C@H]2O)c2oc(-c3ccccc3Cl)cc(=O)c12.COC(=O)Oc1cc(O)c([C@H]2CCN(C)C[C@H]2O)c2oc(-c3ccccc3Cl)cc(=O)c12. The van der Waals surface area contributed by atoms with E-state index in [0.717, 1.165) is 7.11 Å². The van der Waals surface area contributed by atoms with Gasteiger partial charge < -0.3 is 77.5 Å². The van der Waals surface area contributed by atoms with Crippen LogP contribution in [0.15, 0.2) is 137 Å². The smallest absolute Gasteiger partial charge is 0.507 e. The number of methoxy groups -OCH3 is 1. The molecule has 25 heteroatoms. The molecule has 22 nitrogen and oxygen atoms in total. The number of nitrogens with zero attached hydrogens (tertiary/aromatic N) is 3. The van der Waals surface area contributed by atoms with Crippen molar-refractivity contribution in [2.75, 3.05) is 67.5 Å². The van der Waals surface area contributed by atoms with Crippen LogP contribution in [-0.2, 0) is 14.3 Å². The molecule has 3 fully saturated rings. The van der Waals surface area contributed by atoms with Gasteiger partial charge in [0.1, 0.15) is 78.9 Å². The van der Waals surface area contributed by atoms with Crippen molar-refractivity contribution >= 4 is 85.8 Å². The molecule has 3 aliphatic heterocycles. The lowest BCUT2D eigenvalue weighted by molar-refractivity contribution is -0.132. The number of carbonyl (C=O) groups excluding carboxylic acids is 3. The van der Waals surface area contributed by atoms with E-state index in [0.29, 0.717) is 101 Å². The predicted octanol–water partition coefficient (Wildman–Crippen LogP) is 10.8. The van der Waals surface area contributed by atoms with Crippen LogP contribution in [0.5, 0.6) is 34.5 Å². The summed E-state index contributed by atoms with van der Waals surface area (Å²) in [6.45, 7) is 5.69. The number of aromatic hydroxyl groups is 3. The number of ether oxygens (including phenoxy) is 4. The molecular formula is C69H66Cl3N3O19. The highest BCUT2D eigenvalue weighted by Crippen LogP contribution is 2.47. The Balaban J connectivity index is 0.000000154. The molecule has 0 aliphatic carbocycles. The van der Waals surface area contributed by atoms with Gasteiger partial charge >= 0.3 is 18.1 Å². The minimum absolute atomic E-state index is 0.0277. The Morgan fingerprint density at radius 2 is 0.734 bits per heavy atom. The van der Waals surface area contributed by atoms with Gasteiger partial charge in [0.05, 0.1) is 40.5 Å². The number of carbonyl (C=O) groups is 3. The Hall–Kier alpha value is -8.81. The number of benzene rings is 6. The normalized spacial score (nSPS) is 19.4. The van der Waals surface area contributed by atoms with Gasteiger partial charge in [-0.05, 0) is 96.4 Å². The molecule has 0 unspecified atom stereocenters. The third-order valence-electron chi connectivity index (χ3n) is 16.7. The maximum atomic E-state index is 13.2. The number of likely N-dealkylation sites (tertiary alicyclic amines) is 3. The first kappa shape index (κ1) is 68.1. The Morgan fingerprint density at radius 1 is 0.457 bits per heavy atom. The van der Waals surface area contributed by atoms with Gasteiger partial charge in [-0.2, -0.15) is 0 Å². The van der Waals surface area contributed by atoms with Crippen LogP contribution in [0.25, 0.3) is 66.9 Å². The fraction of sp³-hybridized carbons (Fsp3) is 0.304. The molecule has 492 valence electrons. The lowest BCUT2D eigenvalue weighted by Gasteiger charge is -2.34. The second kappa shape index (κ2) is 28.8. The number of aliphatic hydroxyl groups is 3. The number of phenolic OH excluding ortho intramolecular Hbond substituents is 3. The lowest BCUT2D eigenvalue weighted by atomic mass is 9.85. The molecular weight excluding hydrogens is 1280 g/mol. The topological polar surface area (TPSA) is 310 Å². The first-order valence-electron chi connectivity index (χ1n) is 29.8. The van der Waals surface area contributed by atoms with Crippen LogP contribution in [0.1, 0.15) is 67.6 Å². The van der Waals surface area contributed by atoms with E-state index in [2.05, 4.69) is 4.74 Å². The third kappa shape index (κ3) is 14.5. The highest BCUT2D eigenvalue weighted by molar-refractivity contribution is 6.34. The molecule has 6 aromatic carbocycles. The Kier molecular flexibility index (Phi) is 20.9. The summed E-state index contributed by atoms with van der Waals surface area (Å²) in [7, 11) is 6.82. The van der Waals surface area contributed by atoms with Crippen molar-refractivity contribution in [2.45, 2.75) is 69.2 Å². The summed E-state index contributed by atoms with van der Waals surface area (Å²) < 4.78 is 38.4. The minimum atomic E-state index is -1.05. The lowest BCUT2D eigenvalue weighted by Crippen LogP contribution is -2.40. The number of halogens is 3. The summed E-state index contributed by atoms with van der Waals surface area (Å²) in [5.74, 6) is -3.15. The molecule has 0 bridgehead atoms. The van der Waals surface area contributed by atoms with Crippen LogP contribution >= 0.6 is 34.8 Å². The van der Waals surface area contributed by atoms with E-state index in [1.165, 1.54) is 50.2 Å².